The molecular weight excluding hydrogens is 431 g/mol. The van der Waals surface area contributed by atoms with Crippen LogP contribution in [0.25, 0.3) is 0 Å². The molecule has 0 aliphatic carbocycles. The minimum atomic E-state index is -4.43. The summed E-state index contributed by atoms with van der Waals surface area (Å²) in [5.74, 6) is -0.929. The van der Waals surface area contributed by atoms with E-state index in [9.17, 15) is 22.8 Å². The molecule has 8 heteroatoms. The van der Waals surface area contributed by atoms with E-state index in [4.69, 9.17) is 0 Å². The normalized spacial score (nSPS) is 19.3. The molecule has 5 nitrogen and oxygen atoms in total. The number of amides is 2. The number of benzene rings is 2. The molecule has 2 fully saturated rings. The lowest BCUT2D eigenvalue weighted by molar-refractivity contribution is -0.137. The average molecular weight is 460 g/mol. The number of likely N-dealkylation sites (tertiary alicyclic amines) is 2. The van der Waals surface area contributed by atoms with Crippen LogP contribution in [0.2, 0.25) is 0 Å². The zero-order chi connectivity index (χ0) is 23.4. The smallest absolute Gasteiger partial charge is 0.352 e. The van der Waals surface area contributed by atoms with E-state index in [1.165, 1.54) is 29.4 Å². The van der Waals surface area contributed by atoms with Crippen molar-refractivity contribution < 1.29 is 22.8 Å². The second-order valence-corrected chi connectivity index (χ2v) is 8.84. The summed E-state index contributed by atoms with van der Waals surface area (Å²) < 4.78 is 38.9. The van der Waals surface area contributed by atoms with Gasteiger partial charge in [-0.05, 0) is 54.8 Å². The third-order valence-electron chi connectivity index (χ3n) is 6.38. The molecule has 4 rings (SSSR count). The molecule has 2 aromatic rings. The van der Waals surface area contributed by atoms with Crippen molar-refractivity contribution in [3.05, 3.63) is 70.8 Å². The molecule has 0 saturated carbocycles. The third kappa shape index (κ3) is 5.93. The molecule has 0 aromatic heterocycles. The molecule has 0 bridgehead atoms. The number of rotatable bonds is 7. The van der Waals surface area contributed by atoms with Crippen molar-refractivity contribution in [1.29, 1.82) is 0 Å². The highest BCUT2D eigenvalue weighted by Gasteiger charge is 2.35. The molecule has 1 unspecified atom stereocenters. The Morgan fingerprint density at radius 2 is 1.73 bits per heavy atom. The van der Waals surface area contributed by atoms with Gasteiger partial charge < -0.3 is 10.2 Å². The van der Waals surface area contributed by atoms with E-state index in [2.05, 4.69) is 16.3 Å². The second-order valence-electron chi connectivity index (χ2n) is 8.84. The van der Waals surface area contributed by atoms with Gasteiger partial charge in [0.15, 0.2) is 0 Å². The molecular formula is C25H28F3N3O2. The summed E-state index contributed by atoms with van der Waals surface area (Å²) >= 11 is 0. The van der Waals surface area contributed by atoms with Crippen molar-refractivity contribution in [3.8, 4) is 0 Å². The zero-order valence-corrected chi connectivity index (χ0v) is 18.4. The highest BCUT2D eigenvalue weighted by Crippen LogP contribution is 2.30. The highest BCUT2D eigenvalue weighted by molar-refractivity contribution is 5.89. The second kappa shape index (κ2) is 9.95. The van der Waals surface area contributed by atoms with Gasteiger partial charge in [0.05, 0.1) is 11.5 Å². The molecule has 2 heterocycles. The molecule has 1 atom stereocenters. The minimum Gasteiger partial charge on any atom is -0.352 e. The van der Waals surface area contributed by atoms with E-state index in [0.717, 1.165) is 37.3 Å². The van der Waals surface area contributed by atoms with Crippen molar-refractivity contribution in [2.45, 2.75) is 45.1 Å². The Kier molecular flexibility index (Phi) is 7.02. The van der Waals surface area contributed by atoms with Crippen molar-refractivity contribution in [2.24, 2.45) is 5.92 Å². The van der Waals surface area contributed by atoms with E-state index in [0.29, 0.717) is 12.1 Å². The predicted octanol–water partition coefficient (Wildman–Crippen LogP) is 3.97. The van der Waals surface area contributed by atoms with E-state index in [1.807, 2.05) is 18.2 Å². The van der Waals surface area contributed by atoms with Crippen molar-refractivity contribution in [2.75, 3.05) is 19.6 Å². The first kappa shape index (κ1) is 23.3. The summed E-state index contributed by atoms with van der Waals surface area (Å²) in [6.07, 6.45) is -1.93. The fraction of sp³-hybridized carbons (Fsp3) is 0.440. The Hall–Kier alpha value is -2.87. The number of alkyl halides is 3. The topological polar surface area (TPSA) is 52.7 Å². The standard InChI is InChI=1S/C25H28F3N3O2/c26-25(27,28)22-9-5-6-18(12-22)15-31-17-21(13-23(31)32)24(33)29-14-19-7-1-2-8-20(19)16-30-10-3-4-11-30/h1-2,5-9,12,21H,3-4,10-11,13-17H2,(H,29,33). The molecule has 2 aliphatic heterocycles. The van der Waals surface area contributed by atoms with Crippen LogP contribution in [0.3, 0.4) is 0 Å². The van der Waals surface area contributed by atoms with Crippen LogP contribution in [-0.4, -0.2) is 41.2 Å². The average Bonchev–Trinajstić information content (AvgIpc) is 3.42. The largest absolute Gasteiger partial charge is 0.416 e. The van der Waals surface area contributed by atoms with Crippen molar-refractivity contribution in [3.63, 3.8) is 0 Å². The first-order valence-corrected chi connectivity index (χ1v) is 11.3. The third-order valence-corrected chi connectivity index (χ3v) is 6.38. The SMILES string of the molecule is O=C(NCc1ccccc1CN1CCCC1)C1CC(=O)N(Cc2cccc(C(F)(F)F)c2)C1. The molecule has 176 valence electrons. The maximum Gasteiger partial charge on any atom is 0.416 e. The van der Waals surface area contributed by atoms with Gasteiger partial charge in [-0.25, -0.2) is 0 Å². The van der Waals surface area contributed by atoms with Crippen molar-refractivity contribution in [1.82, 2.24) is 15.1 Å². The molecule has 0 spiro atoms. The van der Waals surface area contributed by atoms with Crippen LogP contribution >= 0.6 is 0 Å². The highest BCUT2D eigenvalue weighted by atomic mass is 19.4. The molecule has 33 heavy (non-hydrogen) atoms. The quantitative estimate of drug-likeness (QED) is 0.682. The van der Waals surface area contributed by atoms with Gasteiger partial charge in [-0.1, -0.05) is 36.4 Å². The molecule has 2 saturated heterocycles. The monoisotopic (exact) mass is 459 g/mol. The Labute approximate surface area is 191 Å². The number of hydrogen-bond donors (Lipinski definition) is 1. The van der Waals surface area contributed by atoms with Crippen LogP contribution in [0.1, 0.15) is 41.5 Å². The van der Waals surface area contributed by atoms with Gasteiger partial charge in [0.2, 0.25) is 11.8 Å². The van der Waals surface area contributed by atoms with Crippen LogP contribution in [-0.2, 0) is 35.4 Å². The summed E-state index contributed by atoms with van der Waals surface area (Å²) in [5, 5.41) is 2.96. The Morgan fingerprint density at radius 1 is 1.00 bits per heavy atom. The molecule has 0 radical (unpaired) electrons. The lowest BCUT2D eigenvalue weighted by Crippen LogP contribution is -2.33. The van der Waals surface area contributed by atoms with E-state index in [1.54, 1.807) is 6.07 Å². The number of halogens is 3. The maximum atomic E-state index is 13.0. The fourth-order valence-electron chi connectivity index (χ4n) is 4.56. The van der Waals surface area contributed by atoms with Crippen LogP contribution < -0.4 is 5.32 Å². The maximum absolute atomic E-state index is 13.0. The minimum absolute atomic E-state index is 0.0607. The Morgan fingerprint density at radius 3 is 2.45 bits per heavy atom. The lowest BCUT2D eigenvalue weighted by atomic mass is 10.1. The number of nitrogens with one attached hydrogen (secondary N) is 1. The van der Waals surface area contributed by atoms with Crippen molar-refractivity contribution >= 4 is 11.8 Å². The van der Waals surface area contributed by atoms with Gasteiger partial charge >= 0.3 is 6.18 Å². The molecule has 2 amide bonds. The Balaban J connectivity index is 1.33. The van der Waals surface area contributed by atoms with Crippen LogP contribution in [0.5, 0.6) is 0 Å². The molecule has 1 N–H and O–H groups in total. The van der Waals surface area contributed by atoms with Crippen LogP contribution in [0, 0.1) is 5.92 Å². The summed E-state index contributed by atoms with van der Waals surface area (Å²) in [7, 11) is 0. The van der Waals surface area contributed by atoms with Gasteiger partial charge in [0.25, 0.3) is 0 Å². The van der Waals surface area contributed by atoms with E-state index >= 15 is 0 Å². The van der Waals surface area contributed by atoms with E-state index in [-0.39, 0.29) is 31.3 Å². The predicted molar refractivity (Wildman–Crippen MR) is 118 cm³/mol. The lowest BCUT2D eigenvalue weighted by Gasteiger charge is -2.19. The fourth-order valence-corrected chi connectivity index (χ4v) is 4.56. The van der Waals surface area contributed by atoms with Gasteiger partial charge in [-0.15, -0.1) is 0 Å². The van der Waals surface area contributed by atoms with Crippen LogP contribution in [0.4, 0.5) is 13.2 Å². The summed E-state index contributed by atoms with van der Waals surface area (Å²) in [6, 6.07) is 13.0. The number of nitrogens with zero attached hydrogens (tertiary/aromatic N) is 2. The molecule has 2 aliphatic rings. The molecule has 2 aromatic carbocycles. The summed E-state index contributed by atoms with van der Waals surface area (Å²) in [5.41, 5.74) is 1.90. The van der Waals surface area contributed by atoms with Gasteiger partial charge in [0.1, 0.15) is 0 Å². The van der Waals surface area contributed by atoms with Gasteiger partial charge in [-0.2, -0.15) is 13.2 Å². The number of carbonyl (C=O) groups is 2. The van der Waals surface area contributed by atoms with Gasteiger partial charge in [0, 0.05) is 32.6 Å². The van der Waals surface area contributed by atoms with Gasteiger partial charge in [-0.3, -0.25) is 14.5 Å². The summed E-state index contributed by atoms with van der Waals surface area (Å²) in [6.45, 7) is 3.70. The van der Waals surface area contributed by atoms with Crippen LogP contribution in [0.15, 0.2) is 48.5 Å². The summed E-state index contributed by atoms with van der Waals surface area (Å²) in [4.78, 5) is 29.0. The number of carbonyl (C=O) groups excluding carboxylic acids is 2. The van der Waals surface area contributed by atoms with E-state index < -0.39 is 17.7 Å². The number of hydrogen-bond acceptors (Lipinski definition) is 3. The first-order valence-electron chi connectivity index (χ1n) is 11.3. The zero-order valence-electron chi connectivity index (χ0n) is 18.4. The Bertz CT molecular complexity index is 1000. The first-order chi connectivity index (χ1) is 15.8.